The lowest BCUT2D eigenvalue weighted by Crippen LogP contribution is -2.40. The Kier molecular flexibility index (Phi) is 9.04. The van der Waals surface area contributed by atoms with Gasteiger partial charge in [0, 0.05) is 39.9 Å². The van der Waals surface area contributed by atoms with Crippen molar-refractivity contribution in [2.24, 2.45) is 10.9 Å². The van der Waals surface area contributed by atoms with Gasteiger partial charge < -0.3 is 20.3 Å². The van der Waals surface area contributed by atoms with E-state index in [4.69, 9.17) is 4.74 Å². The molecule has 0 aliphatic carbocycles. The second-order valence-corrected chi connectivity index (χ2v) is 6.74. The molecular formula is C20H31FN4O2. The maximum atomic E-state index is 13.6. The van der Waals surface area contributed by atoms with Crippen molar-refractivity contribution in [1.82, 2.24) is 15.5 Å². The van der Waals surface area contributed by atoms with E-state index in [0.717, 1.165) is 51.5 Å². The van der Waals surface area contributed by atoms with Gasteiger partial charge in [0.25, 0.3) is 5.91 Å². The van der Waals surface area contributed by atoms with Crippen molar-refractivity contribution < 1.29 is 13.9 Å². The molecule has 27 heavy (non-hydrogen) atoms. The van der Waals surface area contributed by atoms with E-state index in [1.54, 1.807) is 12.1 Å². The zero-order valence-corrected chi connectivity index (χ0v) is 16.3. The smallest absolute Gasteiger partial charge is 0.254 e. The molecule has 0 aromatic heterocycles. The predicted molar refractivity (Wildman–Crippen MR) is 106 cm³/mol. The zero-order valence-electron chi connectivity index (χ0n) is 16.3. The molecule has 0 radical (unpaired) electrons. The summed E-state index contributed by atoms with van der Waals surface area (Å²) >= 11 is 0. The first-order valence-electron chi connectivity index (χ1n) is 9.71. The molecule has 2 rings (SSSR count). The minimum atomic E-state index is -0.514. The van der Waals surface area contributed by atoms with Gasteiger partial charge in [0.2, 0.25) is 0 Å². The van der Waals surface area contributed by atoms with E-state index in [1.807, 2.05) is 14.0 Å². The van der Waals surface area contributed by atoms with Gasteiger partial charge in [-0.1, -0.05) is 12.1 Å². The molecular weight excluding hydrogens is 347 g/mol. The summed E-state index contributed by atoms with van der Waals surface area (Å²) in [6.45, 7) is 6.26. The highest BCUT2D eigenvalue weighted by Gasteiger charge is 2.15. The highest BCUT2D eigenvalue weighted by atomic mass is 19.1. The average Bonchev–Trinajstić information content (AvgIpc) is 2.69. The summed E-state index contributed by atoms with van der Waals surface area (Å²) in [7, 11) is 2.03. The monoisotopic (exact) mass is 378 g/mol. The maximum Gasteiger partial charge on any atom is 0.254 e. The molecule has 7 heteroatoms. The summed E-state index contributed by atoms with van der Waals surface area (Å²) in [6.07, 6.45) is 3.38. The van der Waals surface area contributed by atoms with Crippen LogP contribution in [0.2, 0.25) is 0 Å². The molecule has 0 bridgehead atoms. The number of ether oxygens (including phenoxy) is 1. The van der Waals surface area contributed by atoms with E-state index in [0.29, 0.717) is 19.0 Å². The Labute approximate surface area is 161 Å². The van der Waals surface area contributed by atoms with Gasteiger partial charge in [-0.3, -0.25) is 9.79 Å². The van der Waals surface area contributed by atoms with Crippen LogP contribution in [0.15, 0.2) is 29.3 Å². The molecule has 1 aliphatic rings. The molecule has 6 nitrogen and oxygen atoms in total. The van der Waals surface area contributed by atoms with Gasteiger partial charge in [-0.05, 0) is 44.2 Å². The van der Waals surface area contributed by atoms with Crippen molar-refractivity contribution in [1.29, 1.82) is 0 Å². The number of hydrogen-bond acceptors (Lipinski definition) is 3. The Balaban J connectivity index is 1.78. The minimum absolute atomic E-state index is 0.0574. The molecule has 1 aromatic rings. The Morgan fingerprint density at radius 1 is 1.30 bits per heavy atom. The second kappa shape index (κ2) is 11.5. The van der Waals surface area contributed by atoms with Crippen molar-refractivity contribution >= 4 is 11.9 Å². The molecule has 0 atom stereocenters. The van der Waals surface area contributed by atoms with E-state index in [1.165, 1.54) is 12.1 Å². The normalized spacial score (nSPS) is 15.4. The highest BCUT2D eigenvalue weighted by molar-refractivity contribution is 5.94. The number of halogens is 1. The SMILES string of the molecule is CCNC(=NCCNC(=O)c1ccccc1F)N(C)CCC1CCOCC1. The molecule has 1 amide bonds. The lowest BCUT2D eigenvalue weighted by Gasteiger charge is -2.26. The summed E-state index contributed by atoms with van der Waals surface area (Å²) < 4.78 is 19.0. The van der Waals surface area contributed by atoms with E-state index in [2.05, 4.69) is 20.5 Å². The molecule has 1 aliphatic heterocycles. The van der Waals surface area contributed by atoms with Gasteiger partial charge in [-0.2, -0.15) is 0 Å². The van der Waals surface area contributed by atoms with Gasteiger partial charge in [0.1, 0.15) is 5.82 Å². The van der Waals surface area contributed by atoms with Crippen LogP contribution < -0.4 is 10.6 Å². The first-order chi connectivity index (χ1) is 13.1. The molecule has 1 heterocycles. The Hall–Kier alpha value is -2.15. The number of guanidine groups is 1. The fourth-order valence-electron chi connectivity index (χ4n) is 3.06. The number of hydrogen-bond donors (Lipinski definition) is 2. The zero-order chi connectivity index (χ0) is 19.5. The Morgan fingerprint density at radius 2 is 2.04 bits per heavy atom. The average molecular weight is 378 g/mol. The summed E-state index contributed by atoms with van der Waals surface area (Å²) in [5, 5.41) is 5.99. The molecule has 0 spiro atoms. The van der Waals surface area contributed by atoms with Gasteiger partial charge in [0.15, 0.2) is 5.96 Å². The van der Waals surface area contributed by atoms with Crippen LogP contribution in [-0.4, -0.2) is 63.2 Å². The Bertz CT molecular complexity index is 618. The molecule has 1 aromatic carbocycles. The fraction of sp³-hybridized carbons (Fsp3) is 0.600. The third-order valence-electron chi connectivity index (χ3n) is 4.69. The largest absolute Gasteiger partial charge is 0.381 e. The van der Waals surface area contributed by atoms with Gasteiger partial charge in [-0.15, -0.1) is 0 Å². The maximum absolute atomic E-state index is 13.6. The Morgan fingerprint density at radius 3 is 2.74 bits per heavy atom. The summed E-state index contributed by atoms with van der Waals surface area (Å²) in [5.74, 6) is 0.606. The van der Waals surface area contributed by atoms with Gasteiger partial charge in [-0.25, -0.2) is 4.39 Å². The van der Waals surface area contributed by atoms with Gasteiger partial charge in [0.05, 0.1) is 12.1 Å². The molecule has 2 N–H and O–H groups in total. The standard InChI is InChI=1S/C20H31FN4O2/c1-3-22-20(25(2)13-8-16-9-14-27-15-10-16)24-12-11-23-19(26)17-6-4-5-7-18(17)21/h4-7,16H,3,8-15H2,1-2H3,(H,22,24)(H,23,26). The van der Waals surface area contributed by atoms with Crippen LogP contribution in [0, 0.1) is 11.7 Å². The van der Waals surface area contributed by atoms with Crippen molar-refractivity contribution in [3.8, 4) is 0 Å². The number of nitrogens with zero attached hydrogens (tertiary/aromatic N) is 2. The van der Waals surface area contributed by atoms with Crippen molar-refractivity contribution in [3.05, 3.63) is 35.6 Å². The van der Waals surface area contributed by atoms with Crippen LogP contribution in [0.3, 0.4) is 0 Å². The van der Waals surface area contributed by atoms with Crippen LogP contribution in [-0.2, 0) is 4.74 Å². The molecule has 1 saturated heterocycles. The van der Waals surface area contributed by atoms with Crippen molar-refractivity contribution in [3.63, 3.8) is 0 Å². The third kappa shape index (κ3) is 7.17. The number of carbonyl (C=O) groups excluding carboxylic acids is 1. The van der Waals surface area contributed by atoms with E-state index in [9.17, 15) is 9.18 Å². The number of amides is 1. The predicted octanol–water partition coefficient (Wildman–Crippen LogP) is 2.27. The summed E-state index contributed by atoms with van der Waals surface area (Å²) in [6, 6.07) is 5.97. The van der Waals surface area contributed by atoms with E-state index in [-0.39, 0.29) is 5.56 Å². The third-order valence-corrected chi connectivity index (χ3v) is 4.69. The first-order valence-corrected chi connectivity index (χ1v) is 9.71. The van der Waals surface area contributed by atoms with Crippen molar-refractivity contribution in [2.45, 2.75) is 26.2 Å². The fourth-order valence-corrected chi connectivity index (χ4v) is 3.06. The highest BCUT2D eigenvalue weighted by Crippen LogP contribution is 2.18. The number of rotatable bonds is 8. The quantitative estimate of drug-likeness (QED) is 0.414. The van der Waals surface area contributed by atoms with E-state index < -0.39 is 11.7 Å². The van der Waals surface area contributed by atoms with Crippen LogP contribution >= 0.6 is 0 Å². The summed E-state index contributed by atoms with van der Waals surface area (Å²) in [4.78, 5) is 18.7. The van der Waals surface area contributed by atoms with Crippen LogP contribution in [0.4, 0.5) is 4.39 Å². The van der Waals surface area contributed by atoms with Crippen LogP contribution in [0.25, 0.3) is 0 Å². The molecule has 150 valence electrons. The number of benzene rings is 1. The number of aliphatic imine (C=N–C) groups is 1. The molecule has 0 saturated carbocycles. The lowest BCUT2D eigenvalue weighted by atomic mass is 9.96. The lowest BCUT2D eigenvalue weighted by molar-refractivity contribution is 0.0625. The minimum Gasteiger partial charge on any atom is -0.381 e. The summed E-state index contributed by atoms with van der Waals surface area (Å²) in [5.41, 5.74) is 0.0574. The number of nitrogens with one attached hydrogen (secondary N) is 2. The molecule has 0 unspecified atom stereocenters. The second-order valence-electron chi connectivity index (χ2n) is 6.74. The van der Waals surface area contributed by atoms with Crippen LogP contribution in [0.1, 0.15) is 36.5 Å². The van der Waals surface area contributed by atoms with Crippen molar-refractivity contribution in [2.75, 3.05) is 46.4 Å². The van der Waals surface area contributed by atoms with E-state index >= 15 is 0 Å². The number of carbonyl (C=O) groups is 1. The first kappa shape index (κ1) is 21.2. The molecule has 1 fully saturated rings. The van der Waals surface area contributed by atoms with Crippen LogP contribution in [0.5, 0.6) is 0 Å². The van der Waals surface area contributed by atoms with Gasteiger partial charge >= 0.3 is 0 Å². The topological polar surface area (TPSA) is 66.0 Å².